The molecule has 0 aliphatic carbocycles. The average Bonchev–Trinajstić information content (AvgIpc) is 3.24. The van der Waals surface area contributed by atoms with Crippen molar-refractivity contribution in [3.63, 3.8) is 0 Å². The molecule has 1 aliphatic heterocycles. The summed E-state index contributed by atoms with van der Waals surface area (Å²) in [6.07, 6.45) is 4.99. The van der Waals surface area contributed by atoms with Crippen LogP contribution < -0.4 is 10.3 Å². The molecule has 1 saturated heterocycles. The molecule has 162 valence electrons. The number of oxazole rings is 1. The van der Waals surface area contributed by atoms with Crippen molar-refractivity contribution in [1.29, 1.82) is 0 Å². The summed E-state index contributed by atoms with van der Waals surface area (Å²) in [4.78, 5) is 31.3. The van der Waals surface area contributed by atoms with Gasteiger partial charge < -0.3 is 14.1 Å². The van der Waals surface area contributed by atoms with Crippen LogP contribution in [-0.4, -0.2) is 39.2 Å². The van der Waals surface area contributed by atoms with Gasteiger partial charge in [0.15, 0.2) is 0 Å². The Labute approximate surface area is 180 Å². The van der Waals surface area contributed by atoms with Crippen molar-refractivity contribution in [1.82, 2.24) is 19.7 Å². The number of aryl methyl sites for hydroxylation is 1. The first-order valence-corrected chi connectivity index (χ1v) is 10.5. The van der Waals surface area contributed by atoms with E-state index in [2.05, 4.69) is 10.1 Å². The normalized spacial score (nSPS) is 16.3. The van der Waals surface area contributed by atoms with Crippen LogP contribution in [0.15, 0.2) is 51.8 Å². The zero-order valence-electron chi connectivity index (χ0n) is 17.8. The Kier molecular flexibility index (Phi) is 6.16. The topological polar surface area (TPSA) is 90.5 Å². The van der Waals surface area contributed by atoms with Crippen molar-refractivity contribution in [3.8, 4) is 5.75 Å². The summed E-state index contributed by atoms with van der Waals surface area (Å²) in [7, 11) is 1.64. The quantitative estimate of drug-likeness (QED) is 0.607. The fourth-order valence-corrected chi connectivity index (χ4v) is 3.91. The fourth-order valence-electron chi connectivity index (χ4n) is 3.91. The number of piperidine rings is 1. The van der Waals surface area contributed by atoms with Crippen molar-refractivity contribution in [2.75, 3.05) is 13.7 Å². The van der Waals surface area contributed by atoms with E-state index in [0.29, 0.717) is 24.6 Å². The first kappa shape index (κ1) is 20.8. The van der Waals surface area contributed by atoms with Crippen LogP contribution in [0.1, 0.15) is 48.2 Å². The van der Waals surface area contributed by atoms with Crippen molar-refractivity contribution in [3.05, 3.63) is 75.9 Å². The van der Waals surface area contributed by atoms with Crippen LogP contribution in [-0.2, 0) is 17.8 Å². The first-order chi connectivity index (χ1) is 15.0. The summed E-state index contributed by atoms with van der Waals surface area (Å²) in [5.74, 6) is 1.91. The first-order valence-electron chi connectivity index (χ1n) is 10.5. The lowest BCUT2D eigenvalue weighted by atomic mass is 10.0. The number of carbonyl (C=O) groups excluding carboxylic acids is 1. The van der Waals surface area contributed by atoms with Gasteiger partial charge in [0.2, 0.25) is 11.8 Å². The van der Waals surface area contributed by atoms with E-state index >= 15 is 0 Å². The van der Waals surface area contributed by atoms with Gasteiger partial charge in [-0.2, -0.15) is 5.10 Å². The maximum atomic E-state index is 13.0. The van der Waals surface area contributed by atoms with Gasteiger partial charge in [0.05, 0.1) is 19.0 Å². The molecule has 1 aliphatic rings. The predicted octanol–water partition coefficient (Wildman–Crippen LogP) is 2.89. The fraction of sp³-hybridized carbons (Fsp3) is 0.391. The smallest absolute Gasteiger partial charge is 0.267 e. The number of carbonyl (C=O) groups is 1. The van der Waals surface area contributed by atoms with E-state index < -0.39 is 0 Å². The Bertz CT molecular complexity index is 1120. The predicted molar refractivity (Wildman–Crippen MR) is 114 cm³/mol. The second-order valence-electron chi connectivity index (χ2n) is 7.76. The lowest BCUT2D eigenvalue weighted by Gasteiger charge is -2.33. The van der Waals surface area contributed by atoms with Crippen molar-refractivity contribution in [2.24, 2.45) is 0 Å². The lowest BCUT2D eigenvalue weighted by Crippen LogP contribution is -2.42. The molecule has 8 nitrogen and oxygen atoms in total. The van der Waals surface area contributed by atoms with Gasteiger partial charge in [0, 0.05) is 19.0 Å². The van der Waals surface area contributed by atoms with Crippen LogP contribution in [0.4, 0.5) is 0 Å². The summed E-state index contributed by atoms with van der Waals surface area (Å²) < 4.78 is 12.5. The summed E-state index contributed by atoms with van der Waals surface area (Å²) in [5, 5.41) is 4.18. The van der Waals surface area contributed by atoms with Gasteiger partial charge in [-0.1, -0.05) is 12.1 Å². The Morgan fingerprint density at radius 1 is 1.26 bits per heavy atom. The molecule has 1 amide bonds. The molecule has 1 aromatic carbocycles. The maximum Gasteiger partial charge on any atom is 0.267 e. The van der Waals surface area contributed by atoms with Gasteiger partial charge >= 0.3 is 0 Å². The SMILES string of the molecule is COc1cccc(Cc2cnc([C@H]3CCCCN3C(=O)Cn3nc(C)ccc3=O)o2)c1. The van der Waals surface area contributed by atoms with E-state index in [1.165, 1.54) is 10.7 Å². The third-order valence-corrected chi connectivity index (χ3v) is 5.48. The van der Waals surface area contributed by atoms with E-state index in [1.807, 2.05) is 24.3 Å². The van der Waals surface area contributed by atoms with Crippen LogP contribution in [0.5, 0.6) is 5.75 Å². The van der Waals surface area contributed by atoms with Crippen LogP contribution >= 0.6 is 0 Å². The number of ether oxygens (including phenoxy) is 1. The molecular formula is C23H26N4O4. The van der Waals surface area contributed by atoms with E-state index in [1.54, 1.807) is 31.2 Å². The summed E-state index contributed by atoms with van der Waals surface area (Å²) in [6.45, 7) is 2.31. The van der Waals surface area contributed by atoms with Gasteiger partial charge in [-0.05, 0) is 49.9 Å². The van der Waals surface area contributed by atoms with E-state index in [0.717, 1.165) is 36.3 Å². The number of likely N-dealkylation sites (tertiary alicyclic amines) is 1. The molecule has 8 heteroatoms. The molecule has 3 aromatic rings. The van der Waals surface area contributed by atoms with Crippen molar-refractivity contribution in [2.45, 2.75) is 45.2 Å². The molecule has 0 bridgehead atoms. The summed E-state index contributed by atoms with van der Waals surface area (Å²) >= 11 is 0. The Morgan fingerprint density at radius 3 is 2.97 bits per heavy atom. The highest BCUT2D eigenvalue weighted by molar-refractivity contribution is 5.76. The Morgan fingerprint density at radius 2 is 2.13 bits per heavy atom. The molecule has 1 fully saturated rings. The number of methoxy groups -OCH3 is 1. The minimum atomic E-state index is -0.288. The molecule has 1 atom stereocenters. The van der Waals surface area contributed by atoms with E-state index in [9.17, 15) is 9.59 Å². The molecule has 31 heavy (non-hydrogen) atoms. The highest BCUT2D eigenvalue weighted by Crippen LogP contribution is 2.31. The Hall–Kier alpha value is -3.42. The molecule has 0 N–H and O–H groups in total. The van der Waals surface area contributed by atoms with Gasteiger partial charge in [0.1, 0.15) is 24.1 Å². The maximum absolute atomic E-state index is 13.0. The van der Waals surface area contributed by atoms with E-state index in [-0.39, 0.29) is 24.1 Å². The molecule has 0 spiro atoms. The van der Waals surface area contributed by atoms with E-state index in [4.69, 9.17) is 9.15 Å². The highest BCUT2D eigenvalue weighted by atomic mass is 16.5. The number of aromatic nitrogens is 3. The summed E-state index contributed by atoms with van der Waals surface area (Å²) in [6, 6.07) is 10.6. The summed E-state index contributed by atoms with van der Waals surface area (Å²) in [5.41, 5.74) is 1.46. The second kappa shape index (κ2) is 9.16. The third-order valence-electron chi connectivity index (χ3n) is 5.48. The lowest BCUT2D eigenvalue weighted by molar-refractivity contribution is -0.136. The number of hydrogen-bond acceptors (Lipinski definition) is 6. The van der Waals surface area contributed by atoms with Crippen molar-refractivity contribution >= 4 is 5.91 Å². The highest BCUT2D eigenvalue weighted by Gasteiger charge is 2.31. The molecule has 0 unspecified atom stereocenters. The number of hydrogen-bond donors (Lipinski definition) is 0. The largest absolute Gasteiger partial charge is 0.497 e. The number of nitrogens with zero attached hydrogens (tertiary/aromatic N) is 4. The van der Waals surface area contributed by atoms with Gasteiger partial charge in [-0.25, -0.2) is 9.67 Å². The average molecular weight is 422 g/mol. The van der Waals surface area contributed by atoms with Crippen LogP contribution in [0.2, 0.25) is 0 Å². The van der Waals surface area contributed by atoms with Gasteiger partial charge in [-0.15, -0.1) is 0 Å². The number of amides is 1. The minimum absolute atomic E-state index is 0.0889. The Balaban J connectivity index is 1.50. The zero-order valence-corrected chi connectivity index (χ0v) is 17.8. The second-order valence-corrected chi connectivity index (χ2v) is 7.76. The van der Waals surface area contributed by atoms with Crippen LogP contribution in [0, 0.1) is 6.92 Å². The van der Waals surface area contributed by atoms with Gasteiger partial charge in [-0.3, -0.25) is 9.59 Å². The van der Waals surface area contributed by atoms with Crippen molar-refractivity contribution < 1.29 is 13.9 Å². The molecule has 4 rings (SSSR count). The number of benzene rings is 1. The van der Waals surface area contributed by atoms with Crippen LogP contribution in [0.25, 0.3) is 0 Å². The van der Waals surface area contributed by atoms with Crippen LogP contribution in [0.3, 0.4) is 0 Å². The molecule has 2 aromatic heterocycles. The minimum Gasteiger partial charge on any atom is -0.497 e. The van der Waals surface area contributed by atoms with Gasteiger partial charge in [0.25, 0.3) is 5.56 Å². The number of rotatable bonds is 6. The standard InChI is InChI=1S/C23H26N4O4/c1-16-9-10-21(28)27(25-16)15-22(29)26-11-4-3-8-20(26)23-24-14-19(31-23)13-17-6-5-7-18(12-17)30-2/h5-7,9-10,12,14,20H,3-4,8,11,13,15H2,1-2H3/t20-/m1/s1. The molecular weight excluding hydrogens is 396 g/mol. The molecule has 3 heterocycles. The molecule has 0 radical (unpaired) electrons. The third kappa shape index (κ3) is 4.84. The molecule has 0 saturated carbocycles. The zero-order chi connectivity index (χ0) is 21.8. The monoisotopic (exact) mass is 422 g/mol.